The maximum Gasteiger partial charge on any atom is 0.144 e. The van der Waals surface area contributed by atoms with Gasteiger partial charge < -0.3 is 14.9 Å². The van der Waals surface area contributed by atoms with Gasteiger partial charge in [-0.2, -0.15) is 0 Å². The van der Waals surface area contributed by atoms with Gasteiger partial charge in [0.2, 0.25) is 0 Å². The SMILES string of the molecule is CC(O)CO.CC1OC1(c1ccccc1)c1ccccc1. The molecule has 1 heterocycles. The van der Waals surface area contributed by atoms with E-state index in [9.17, 15) is 0 Å². The van der Waals surface area contributed by atoms with E-state index in [2.05, 4.69) is 55.5 Å². The smallest absolute Gasteiger partial charge is 0.144 e. The Hall–Kier alpha value is -1.68. The molecule has 0 amide bonds. The van der Waals surface area contributed by atoms with Gasteiger partial charge in [-0.1, -0.05) is 60.7 Å². The molecule has 3 heteroatoms. The summed E-state index contributed by atoms with van der Waals surface area (Å²) in [7, 11) is 0. The maximum atomic E-state index is 8.11. The zero-order valence-electron chi connectivity index (χ0n) is 12.4. The lowest BCUT2D eigenvalue weighted by molar-refractivity contribution is 0.110. The average molecular weight is 286 g/mol. The Bertz CT molecular complexity index is 497. The van der Waals surface area contributed by atoms with Crippen LogP contribution in [0.25, 0.3) is 0 Å². The molecule has 1 aliphatic heterocycles. The first-order valence-electron chi connectivity index (χ1n) is 7.19. The van der Waals surface area contributed by atoms with E-state index in [1.54, 1.807) is 0 Å². The van der Waals surface area contributed by atoms with Gasteiger partial charge in [0.1, 0.15) is 5.60 Å². The van der Waals surface area contributed by atoms with Gasteiger partial charge in [-0.3, -0.25) is 0 Å². The number of aliphatic hydroxyl groups is 2. The van der Waals surface area contributed by atoms with Crippen molar-refractivity contribution in [2.45, 2.75) is 31.7 Å². The number of aliphatic hydroxyl groups excluding tert-OH is 2. The molecule has 0 radical (unpaired) electrons. The lowest BCUT2D eigenvalue weighted by Crippen LogP contribution is -2.13. The molecule has 2 atom stereocenters. The highest BCUT2D eigenvalue weighted by atomic mass is 16.6. The molecule has 0 spiro atoms. The minimum atomic E-state index is -0.560. The number of ether oxygens (including phenoxy) is 1. The summed E-state index contributed by atoms with van der Waals surface area (Å²) in [5.41, 5.74) is 2.28. The Morgan fingerprint density at radius 3 is 1.57 bits per heavy atom. The summed E-state index contributed by atoms with van der Waals surface area (Å²) < 4.78 is 5.88. The van der Waals surface area contributed by atoms with E-state index in [0.29, 0.717) is 0 Å². The number of epoxide rings is 1. The van der Waals surface area contributed by atoms with Crippen LogP contribution in [0, 0.1) is 0 Å². The molecule has 1 saturated heterocycles. The van der Waals surface area contributed by atoms with Crippen molar-refractivity contribution in [2.75, 3.05) is 6.61 Å². The molecule has 1 fully saturated rings. The van der Waals surface area contributed by atoms with Crippen LogP contribution in [0.5, 0.6) is 0 Å². The van der Waals surface area contributed by atoms with E-state index < -0.39 is 6.10 Å². The number of hydrogen-bond acceptors (Lipinski definition) is 3. The monoisotopic (exact) mass is 286 g/mol. The van der Waals surface area contributed by atoms with Crippen molar-refractivity contribution in [1.29, 1.82) is 0 Å². The minimum absolute atomic E-state index is 0.139. The molecule has 2 N–H and O–H groups in total. The standard InChI is InChI=1S/C15H14O.C3H8O2/c1-12-15(16-12,13-8-4-2-5-9-13)14-10-6-3-7-11-14;1-3(5)2-4/h2-12H,1H3;3-5H,2H2,1H3. The summed E-state index contributed by atoms with van der Waals surface area (Å²) in [6.45, 7) is 3.51. The topological polar surface area (TPSA) is 53.0 Å². The van der Waals surface area contributed by atoms with Gasteiger partial charge in [0.15, 0.2) is 0 Å². The summed E-state index contributed by atoms with van der Waals surface area (Å²) in [6, 6.07) is 20.9. The number of benzene rings is 2. The molecule has 3 nitrogen and oxygen atoms in total. The van der Waals surface area contributed by atoms with Crippen molar-refractivity contribution in [3.8, 4) is 0 Å². The predicted molar refractivity (Wildman–Crippen MR) is 83.0 cm³/mol. The number of rotatable bonds is 3. The van der Waals surface area contributed by atoms with Crippen LogP contribution in [0.4, 0.5) is 0 Å². The quantitative estimate of drug-likeness (QED) is 0.853. The molecule has 0 bridgehead atoms. The Balaban J connectivity index is 0.000000282. The molecule has 112 valence electrons. The molecule has 0 saturated carbocycles. The second-order valence-electron chi connectivity index (χ2n) is 5.26. The van der Waals surface area contributed by atoms with Crippen LogP contribution >= 0.6 is 0 Å². The van der Waals surface area contributed by atoms with E-state index in [-0.39, 0.29) is 18.3 Å². The predicted octanol–water partition coefficient (Wildman–Crippen LogP) is 2.71. The van der Waals surface area contributed by atoms with Crippen molar-refractivity contribution >= 4 is 0 Å². The first kappa shape index (κ1) is 15.7. The molecular formula is C18H22O3. The molecule has 2 unspecified atom stereocenters. The first-order valence-corrected chi connectivity index (χ1v) is 7.19. The highest BCUT2D eigenvalue weighted by molar-refractivity contribution is 5.42. The lowest BCUT2D eigenvalue weighted by Gasteiger charge is -2.13. The third kappa shape index (κ3) is 3.50. The normalized spacial score (nSPS) is 20.1. The van der Waals surface area contributed by atoms with Crippen molar-refractivity contribution in [1.82, 2.24) is 0 Å². The van der Waals surface area contributed by atoms with Crippen LogP contribution in [0.1, 0.15) is 25.0 Å². The highest BCUT2D eigenvalue weighted by Crippen LogP contribution is 2.51. The van der Waals surface area contributed by atoms with Gasteiger partial charge in [0.05, 0.1) is 18.8 Å². The zero-order valence-corrected chi connectivity index (χ0v) is 12.4. The second-order valence-corrected chi connectivity index (χ2v) is 5.26. The summed E-state index contributed by atoms with van der Waals surface area (Å²) in [4.78, 5) is 0. The van der Waals surface area contributed by atoms with Crippen molar-refractivity contribution in [2.24, 2.45) is 0 Å². The largest absolute Gasteiger partial charge is 0.394 e. The third-order valence-corrected chi connectivity index (χ3v) is 3.55. The average Bonchev–Trinajstić information content (AvgIpc) is 3.22. The van der Waals surface area contributed by atoms with Gasteiger partial charge in [-0.25, -0.2) is 0 Å². The molecule has 21 heavy (non-hydrogen) atoms. The molecule has 2 aromatic rings. The second kappa shape index (κ2) is 6.85. The molecular weight excluding hydrogens is 264 g/mol. The van der Waals surface area contributed by atoms with Gasteiger partial charge in [0.25, 0.3) is 0 Å². The molecule has 2 aromatic carbocycles. The fraction of sp³-hybridized carbons (Fsp3) is 0.333. The van der Waals surface area contributed by atoms with Crippen LogP contribution in [0.15, 0.2) is 60.7 Å². The van der Waals surface area contributed by atoms with E-state index in [0.717, 1.165) is 0 Å². The van der Waals surface area contributed by atoms with Crippen LogP contribution < -0.4 is 0 Å². The first-order chi connectivity index (χ1) is 10.1. The van der Waals surface area contributed by atoms with E-state index in [4.69, 9.17) is 14.9 Å². The van der Waals surface area contributed by atoms with Crippen molar-refractivity contribution in [3.05, 3.63) is 71.8 Å². The fourth-order valence-corrected chi connectivity index (χ4v) is 2.39. The van der Waals surface area contributed by atoms with E-state index >= 15 is 0 Å². The molecule has 0 aliphatic carbocycles. The summed E-state index contributed by atoms with van der Waals surface area (Å²) in [6.07, 6.45) is -0.299. The summed E-state index contributed by atoms with van der Waals surface area (Å²) >= 11 is 0. The third-order valence-electron chi connectivity index (χ3n) is 3.55. The van der Waals surface area contributed by atoms with Crippen LogP contribution in [-0.2, 0) is 10.3 Å². The van der Waals surface area contributed by atoms with Gasteiger partial charge in [-0.15, -0.1) is 0 Å². The number of hydrogen-bond donors (Lipinski definition) is 2. The molecule has 1 aliphatic rings. The van der Waals surface area contributed by atoms with Crippen molar-refractivity contribution in [3.63, 3.8) is 0 Å². The van der Waals surface area contributed by atoms with E-state index in [1.165, 1.54) is 18.1 Å². The Kier molecular flexibility index (Phi) is 5.12. The Morgan fingerprint density at radius 1 is 1.00 bits per heavy atom. The van der Waals surface area contributed by atoms with Gasteiger partial charge >= 0.3 is 0 Å². The van der Waals surface area contributed by atoms with Crippen LogP contribution in [0.2, 0.25) is 0 Å². The zero-order chi connectivity index (χ0) is 15.3. The van der Waals surface area contributed by atoms with Crippen LogP contribution in [0.3, 0.4) is 0 Å². The van der Waals surface area contributed by atoms with Crippen molar-refractivity contribution < 1.29 is 14.9 Å². The summed E-state index contributed by atoms with van der Waals surface area (Å²) in [5, 5.41) is 16.0. The van der Waals surface area contributed by atoms with Gasteiger partial charge in [0, 0.05) is 0 Å². The maximum absolute atomic E-state index is 8.11. The molecule has 0 aromatic heterocycles. The summed E-state index contributed by atoms with van der Waals surface area (Å²) in [5.74, 6) is 0. The fourth-order valence-electron chi connectivity index (χ4n) is 2.39. The van der Waals surface area contributed by atoms with E-state index in [1.807, 2.05) is 12.1 Å². The van der Waals surface area contributed by atoms with Gasteiger partial charge in [-0.05, 0) is 25.0 Å². The lowest BCUT2D eigenvalue weighted by atomic mass is 9.88. The Labute approximate surface area is 125 Å². The molecule has 3 rings (SSSR count). The Morgan fingerprint density at radius 2 is 1.33 bits per heavy atom. The highest BCUT2D eigenvalue weighted by Gasteiger charge is 2.55. The van der Waals surface area contributed by atoms with Crippen LogP contribution in [-0.4, -0.2) is 29.0 Å². The minimum Gasteiger partial charge on any atom is -0.394 e.